The first-order valence-corrected chi connectivity index (χ1v) is 8.60. The molecule has 140 valence electrons. The molecule has 0 N–H and O–H groups in total. The zero-order valence-electron chi connectivity index (χ0n) is 16.2. The molecule has 0 unspecified atom stereocenters. The molecule has 6 nitrogen and oxygen atoms in total. The molecule has 0 aromatic carbocycles. The molecule has 0 saturated carbocycles. The Balaban J connectivity index is 2.56. The van der Waals surface area contributed by atoms with Gasteiger partial charge in [-0.25, -0.2) is 19.4 Å². The van der Waals surface area contributed by atoms with Gasteiger partial charge in [-0.2, -0.15) is 9.78 Å². The van der Waals surface area contributed by atoms with Crippen LogP contribution in [0.5, 0.6) is 0 Å². The lowest BCUT2D eigenvalue weighted by molar-refractivity contribution is -0.268. The predicted molar refractivity (Wildman–Crippen MR) is 88.2 cm³/mol. The lowest BCUT2D eigenvalue weighted by atomic mass is 9.77. The number of carbonyl (C=O) groups is 2. The molecule has 0 radical (unpaired) electrons. The summed E-state index contributed by atoms with van der Waals surface area (Å²) in [7, 11) is 0. The third-order valence-corrected chi connectivity index (χ3v) is 4.12. The monoisotopic (exact) mass is 344 g/mol. The van der Waals surface area contributed by atoms with E-state index < -0.39 is 23.1 Å². The van der Waals surface area contributed by atoms with E-state index >= 15 is 0 Å². The van der Waals surface area contributed by atoms with E-state index in [1.165, 1.54) is 0 Å². The largest absolute Gasteiger partial charge is 0.420 e. The number of rotatable bonds is 8. The average Bonchev–Trinajstić information content (AvgIpc) is 3.13. The molecule has 1 heterocycles. The minimum atomic E-state index is -1.50. The maximum Gasteiger partial charge on any atom is 0.420 e. The quantitative estimate of drug-likeness (QED) is 0.373. The van der Waals surface area contributed by atoms with E-state index in [1.54, 1.807) is 0 Å². The van der Waals surface area contributed by atoms with Crippen LogP contribution in [0.15, 0.2) is 0 Å². The summed E-state index contributed by atoms with van der Waals surface area (Å²) in [5.74, 6) is -2.10. The van der Waals surface area contributed by atoms with Gasteiger partial charge in [-0.15, -0.1) is 0 Å². The molecule has 0 atom stereocenters. The number of carbonyl (C=O) groups excluding carboxylic acids is 2. The van der Waals surface area contributed by atoms with Crippen LogP contribution in [0.1, 0.15) is 74.7 Å². The van der Waals surface area contributed by atoms with Gasteiger partial charge >= 0.3 is 17.7 Å². The molecule has 0 aromatic rings. The van der Waals surface area contributed by atoms with Gasteiger partial charge < -0.3 is 0 Å². The molecule has 0 bridgehead atoms. The summed E-state index contributed by atoms with van der Waals surface area (Å²) >= 11 is 0. The standard InChI is InChI=1S/C18H32O6/c1-12(2)9-16(5,6)11-14(19)21-22-15(20)18(23-24-18)17(7,8)10-13(3)4/h12-13H,9-11H2,1-8H3. The lowest BCUT2D eigenvalue weighted by Gasteiger charge is -2.28. The highest BCUT2D eigenvalue weighted by Gasteiger charge is 2.69. The van der Waals surface area contributed by atoms with E-state index in [4.69, 9.17) is 19.6 Å². The maximum atomic E-state index is 12.3. The number of hydrogen-bond acceptors (Lipinski definition) is 6. The average molecular weight is 344 g/mol. The van der Waals surface area contributed by atoms with Crippen molar-refractivity contribution in [1.29, 1.82) is 0 Å². The molecule has 1 aliphatic rings. The van der Waals surface area contributed by atoms with Gasteiger partial charge in [0.15, 0.2) is 0 Å². The topological polar surface area (TPSA) is 77.7 Å². The molecule has 1 rings (SSSR count). The van der Waals surface area contributed by atoms with Crippen LogP contribution in [0.25, 0.3) is 0 Å². The summed E-state index contributed by atoms with van der Waals surface area (Å²) < 4.78 is 0. The SMILES string of the molecule is CC(C)CC(C)(C)CC(=O)OOC(=O)C1(C(C)(C)CC(C)C)OO1. The predicted octanol–water partition coefficient (Wildman–Crippen LogP) is 4.18. The van der Waals surface area contributed by atoms with Gasteiger partial charge in [-0.05, 0) is 30.1 Å². The Morgan fingerprint density at radius 3 is 1.83 bits per heavy atom. The van der Waals surface area contributed by atoms with Crippen LogP contribution in [-0.2, 0) is 29.1 Å². The Hall–Kier alpha value is -1.14. The molecule has 1 aliphatic heterocycles. The van der Waals surface area contributed by atoms with Crippen molar-refractivity contribution in [3.8, 4) is 0 Å². The van der Waals surface area contributed by atoms with Crippen LogP contribution in [-0.4, -0.2) is 17.7 Å². The zero-order valence-corrected chi connectivity index (χ0v) is 16.2. The zero-order chi connectivity index (χ0) is 18.8. The molecule has 6 heteroatoms. The Labute approximate surface area is 145 Å². The van der Waals surface area contributed by atoms with E-state index in [0.29, 0.717) is 18.3 Å². The van der Waals surface area contributed by atoms with Gasteiger partial charge in [-0.3, -0.25) is 0 Å². The minimum Gasteiger partial charge on any atom is -0.247 e. The van der Waals surface area contributed by atoms with E-state index in [0.717, 1.165) is 6.42 Å². The third kappa shape index (κ3) is 5.45. The fourth-order valence-electron chi connectivity index (χ4n) is 3.50. The minimum absolute atomic E-state index is 0.169. The van der Waals surface area contributed by atoms with Crippen molar-refractivity contribution in [2.24, 2.45) is 22.7 Å². The van der Waals surface area contributed by atoms with Crippen LogP contribution >= 0.6 is 0 Å². The van der Waals surface area contributed by atoms with Crippen LogP contribution in [0.4, 0.5) is 0 Å². The summed E-state index contributed by atoms with van der Waals surface area (Å²) in [6.07, 6.45) is 1.73. The van der Waals surface area contributed by atoms with Gasteiger partial charge in [0.05, 0.1) is 6.42 Å². The highest BCUT2D eigenvalue weighted by Crippen LogP contribution is 2.50. The van der Waals surface area contributed by atoms with Crippen molar-refractivity contribution in [3.05, 3.63) is 0 Å². The smallest absolute Gasteiger partial charge is 0.247 e. The second-order valence-electron chi connectivity index (χ2n) is 9.03. The molecule has 1 fully saturated rings. The van der Waals surface area contributed by atoms with Crippen molar-refractivity contribution in [2.45, 2.75) is 80.4 Å². The Bertz CT molecular complexity index is 460. The molecule has 0 amide bonds. The summed E-state index contributed by atoms with van der Waals surface area (Å²) in [6.45, 7) is 15.9. The van der Waals surface area contributed by atoms with Crippen molar-refractivity contribution in [2.75, 3.05) is 0 Å². The van der Waals surface area contributed by atoms with Gasteiger partial charge in [0, 0.05) is 5.41 Å². The Morgan fingerprint density at radius 2 is 1.42 bits per heavy atom. The summed E-state index contributed by atoms with van der Waals surface area (Å²) in [6, 6.07) is 0. The summed E-state index contributed by atoms with van der Waals surface area (Å²) in [4.78, 5) is 43.5. The van der Waals surface area contributed by atoms with E-state index in [-0.39, 0.29) is 11.8 Å². The highest BCUT2D eigenvalue weighted by molar-refractivity contribution is 5.81. The van der Waals surface area contributed by atoms with Gasteiger partial charge in [0.25, 0.3) is 0 Å². The van der Waals surface area contributed by atoms with Gasteiger partial charge in [0.2, 0.25) is 0 Å². The first kappa shape index (κ1) is 20.9. The molecule has 1 saturated heterocycles. The van der Waals surface area contributed by atoms with E-state index in [1.807, 2.05) is 41.5 Å². The van der Waals surface area contributed by atoms with E-state index in [2.05, 4.69) is 13.8 Å². The Kier molecular flexibility index (Phi) is 6.44. The van der Waals surface area contributed by atoms with Crippen molar-refractivity contribution < 1.29 is 29.1 Å². The first-order valence-electron chi connectivity index (χ1n) is 8.60. The molecule has 24 heavy (non-hydrogen) atoms. The second kappa shape index (κ2) is 7.40. The third-order valence-electron chi connectivity index (χ3n) is 4.12. The van der Waals surface area contributed by atoms with Gasteiger partial charge in [0.1, 0.15) is 0 Å². The highest BCUT2D eigenvalue weighted by atomic mass is 17.4. The van der Waals surface area contributed by atoms with Crippen molar-refractivity contribution in [3.63, 3.8) is 0 Å². The summed E-state index contributed by atoms with van der Waals surface area (Å²) in [5, 5.41) is 0. The molecule has 0 aliphatic carbocycles. The molecule has 0 aromatic heterocycles. The van der Waals surface area contributed by atoms with Gasteiger partial charge in [-0.1, -0.05) is 55.4 Å². The van der Waals surface area contributed by atoms with E-state index in [9.17, 15) is 9.59 Å². The second-order valence-corrected chi connectivity index (χ2v) is 9.03. The number of hydrogen-bond donors (Lipinski definition) is 0. The molecule has 0 spiro atoms. The Morgan fingerprint density at radius 1 is 0.917 bits per heavy atom. The molecular weight excluding hydrogens is 312 g/mol. The first-order chi connectivity index (χ1) is 10.8. The van der Waals surface area contributed by atoms with Crippen LogP contribution in [0.3, 0.4) is 0 Å². The lowest BCUT2D eigenvalue weighted by Crippen LogP contribution is -2.42. The van der Waals surface area contributed by atoms with Crippen LogP contribution < -0.4 is 0 Å². The molecular formula is C18H32O6. The van der Waals surface area contributed by atoms with Crippen LogP contribution in [0, 0.1) is 22.7 Å². The maximum absolute atomic E-state index is 12.3. The van der Waals surface area contributed by atoms with Crippen LogP contribution in [0.2, 0.25) is 0 Å². The van der Waals surface area contributed by atoms with Crippen molar-refractivity contribution in [1.82, 2.24) is 0 Å². The summed E-state index contributed by atoms with van der Waals surface area (Å²) in [5.41, 5.74) is -0.819. The fraction of sp³-hybridized carbons (Fsp3) is 0.889. The van der Waals surface area contributed by atoms with Crippen molar-refractivity contribution >= 4 is 11.9 Å². The normalized spacial score (nSPS) is 17.1. The fourth-order valence-corrected chi connectivity index (χ4v) is 3.50.